The van der Waals surface area contributed by atoms with Gasteiger partial charge in [0.15, 0.2) is 0 Å². The van der Waals surface area contributed by atoms with Gasteiger partial charge in [0.05, 0.1) is 0 Å². The lowest BCUT2D eigenvalue weighted by Crippen LogP contribution is -2.03. The molecule has 1 heterocycles. The van der Waals surface area contributed by atoms with Crippen molar-refractivity contribution in [1.29, 1.82) is 0 Å². The molecule has 0 aliphatic heterocycles. The molecule has 0 saturated heterocycles. The van der Waals surface area contributed by atoms with E-state index >= 15 is 0 Å². The van der Waals surface area contributed by atoms with Crippen molar-refractivity contribution in [3.05, 3.63) is 58.1 Å². The lowest BCUT2D eigenvalue weighted by molar-refractivity contribution is 0.685. The Labute approximate surface area is 118 Å². The Morgan fingerprint density at radius 1 is 1.16 bits per heavy atom. The van der Waals surface area contributed by atoms with Gasteiger partial charge >= 0.3 is 0 Å². The van der Waals surface area contributed by atoms with E-state index in [1.54, 1.807) is 0 Å². The van der Waals surface area contributed by atoms with Gasteiger partial charge in [-0.3, -0.25) is 0 Å². The second-order valence-corrected chi connectivity index (χ2v) is 5.68. The number of aromatic nitrogens is 2. The lowest BCUT2D eigenvalue weighted by Gasteiger charge is -2.11. The molecule has 1 fully saturated rings. The molecule has 3 heteroatoms. The zero-order valence-corrected chi connectivity index (χ0v) is 11.7. The van der Waals surface area contributed by atoms with E-state index in [2.05, 4.69) is 34.2 Å². The van der Waals surface area contributed by atoms with Gasteiger partial charge in [-0.1, -0.05) is 55.4 Å². The van der Waals surface area contributed by atoms with Crippen molar-refractivity contribution in [1.82, 2.24) is 9.97 Å². The highest BCUT2D eigenvalue weighted by Crippen LogP contribution is 2.32. The molecule has 1 aliphatic carbocycles. The van der Waals surface area contributed by atoms with E-state index in [1.165, 1.54) is 36.9 Å². The van der Waals surface area contributed by atoms with E-state index in [4.69, 9.17) is 12.2 Å². The number of hydrogen-bond acceptors (Lipinski definition) is 2. The van der Waals surface area contributed by atoms with Gasteiger partial charge in [0.1, 0.15) is 10.5 Å². The van der Waals surface area contributed by atoms with Crippen molar-refractivity contribution in [2.75, 3.05) is 0 Å². The minimum absolute atomic E-state index is 0.652. The van der Waals surface area contributed by atoms with Crippen molar-refractivity contribution in [3.8, 4) is 0 Å². The summed E-state index contributed by atoms with van der Waals surface area (Å²) in [6.45, 7) is 0. The molecular weight excluding hydrogens is 252 g/mol. The summed E-state index contributed by atoms with van der Waals surface area (Å²) >= 11 is 5.31. The zero-order chi connectivity index (χ0) is 13.1. The number of aromatic amines is 1. The van der Waals surface area contributed by atoms with E-state index in [-0.39, 0.29) is 0 Å². The molecule has 1 saturated carbocycles. The van der Waals surface area contributed by atoms with E-state index in [0.717, 1.165) is 12.2 Å². The molecule has 0 atom stereocenters. The van der Waals surface area contributed by atoms with Gasteiger partial charge < -0.3 is 4.98 Å². The molecule has 2 aromatic rings. The average molecular weight is 270 g/mol. The predicted molar refractivity (Wildman–Crippen MR) is 79.9 cm³/mol. The highest BCUT2D eigenvalue weighted by Gasteiger charge is 2.18. The van der Waals surface area contributed by atoms with E-state index in [0.29, 0.717) is 10.6 Å². The first kappa shape index (κ1) is 12.5. The first-order valence-corrected chi connectivity index (χ1v) is 7.36. The van der Waals surface area contributed by atoms with Crippen LogP contribution in [0.4, 0.5) is 0 Å². The summed E-state index contributed by atoms with van der Waals surface area (Å²) in [6, 6.07) is 12.4. The fourth-order valence-corrected chi connectivity index (χ4v) is 3.10. The minimum atomic E-state index is 0.652. The third kappa shape index (κ3) is 3.10. The summed E-state index contributed by atoms with van der Waals surface area (Å²) in [4.78, 5) is 7.96. The molecule has 0 bridgehead atoms. The second-order valence-electron chi connectivity index (χ2n) is 5.27. The van der Waals surface area contributed by atoms with Gasteiger partial charge in [0.2, 0.25) is 0 Å². The molecule has 98 valence electrons. The van der Waals surface area contributed by atoms with Gasteiger partial charge in [-0.25, -0.2) is 4.98 Å². The number of nitrogens with one attached hydrogen (secondary N) is 1. The molecule has 1 N–H and O–H groups in total. The van der Waals surface area contributed by atoms with Crippen LogP contribution in [0.5, 0.6) is 0 Å². The fraction of sp³-hybridized carbons (Fsp3) is 0.375. The summed E-state index contributed by atoms with van der Waals surface area (Å²) in [6.07, 6.45) is 6.05. The van der Waals surface area contributed by atoms with Gasteiger partial charge in [-0.15, -0.1) is 0 Å². The first-order chi connectivity index (χ1) is 9.31. The Morgan fingerprint density at radius 3 is 2.63 bits per heavy atom. The summed E-state index contributed by atoms with van der Waals surface area (Å²) in [7, 11) is 0. The van der Waals surface area contributed by atoms with E-state index in [9.17, 15) is 0 Å². The summed E-state index contributed by atoms with van der Waals surface area (Å²) in [5.74, 6) is 1.64. The predicted octanol–water partition coefficient (Wildman–Crippen LogP) is 4.39. The topological polar surface area (TPSA) is 28.7 Å². The molecule has 0 unspecified atom stereocenters. The highest BCUT2D eigenvalue weighted by atomic mass is 32.1. The van der Waals surface area contributed by atoms with E-state index in [1.807, 2.05) is 12.1 Å². The number of nitrogens with zero attached hydrogens (tertiary/aromatic N) is 1. The quantitative estimate of drug-likeness (QED) is 0.838. The molecule has 0 spiro atoms. The van der Waals surface area contributed by atoms with Crippen molar-refractivity contribution in [2.24, 2.45) is 0 Å². The van der Waals surface area contributed by atoms with Crippen LogP contribution >= 0.6 is 12.2 Å². The summed E-state index contributed by atoms with van der Waals surface area (Å²) in [5, 5.41) is 0. The van der Waals surface area contributed by atoms with Crippen LogP contribution in [0.25, 0.3) is 0 Å². The Balaban J connectivity index is 1.87. The van der Waals surface area contributed by atoms with Crippen molar-refractivity contribution < 1.29 is 0 Å². The van der Waals surface area contributed by atoms with Crippen LogP contribution in [0.3, 0.4) is 0 Å². The molecule has 1 aliphatic rings. The largest absolute Gasteiger partial charge is 0.347 e. The highest BCUT2D eigenvalue weighted by molar-refractivity contribution is 7.71. The van der Waals surface area contributed by atoms with Crippen LogP contribution in [0.15, 0.2) is 36.4 Å². The Hall–Kier alpha value is -1.48. The van der Waals surface area contributed by atoms with Crippen LogP contribution < -0.4 is 0 Å². The van der Waals surface area contributed by atoms with Crippen LogP contribution in [0.1, 0.15) is 48.7 Å². The van der Waals surface area contributed by atoms with Crippen molar-refractivity contribution in [2.45, 2.75) is 38.0 Å². The Kier molecular flexibility index (Phi) is 3.74. The van der Waals surface area contributed by atoms with Gasteiger partial charge in [0.25, 0.3) is 0 Å². The van der Waals surface area contributed by atoms with Crippen LogP contribution in [0.2, 0.25) is 0 Å². The normalized spacial score (nSPS) is 15.8. The molecule has 1 aromatic carbocycles. The maximum atomic E-state index is 5.31. The van der Waals surface area contributed by atoms with Gasteiger partial charge in [-0.05, 0) is 30.4 Å². The minimum Gasteiger partial charge on any atom is -0.347 e. The number of H-pyrrole nitrogens is 1. The van der Waals surface area contributed by atoms with Crippen molar-refractivity contribution in [3.63, 3.8) is 0 Å². The Morgan fingerprint density at radius 2 is 1.89 bits per heavy atom. The van der Waals surface area contributed by atoms with Crippen LogP contribution in [-0.2, 0) is 6.42 Å². The summed E-state index contributed by atoms with van der Waals surface area (Å²) < 4.78 is 0.714. The zero-order valence-electron chi connectivity index (χ0n) is 10.9. The molecule has 0 radical (unpaired) electrons. The first-order valence-electron chi connectivity index (χ1n) is 6.95. The van der Waals surface area contributed by atoms with E-state index < -0.39 is 0 Å². The SMILES string of the molecule is S=c1cc(C2CCCC2)[nH]c(Cc2ccccc2)n1. The third-order valence-electron chi connectivity index (χ3n) is 3.82. The molecular formula is C16H18N2S. The van der Waals surface area contributed by atoms with Gasteiger partial charge in [0, 0.05) is 12.1 Å². The standard InChI is InChI=1S/C16H18N2S/c19-16-11-14(13-8-4-5-9-13)17-15(18-16)10-12-6-2-1-3-7-12/h1-3,6-7,11,13H,4-5,8-10H2,(H,17,18,19). The maximum absolute atomic E-state index is 5.31. The lowest BCUT2D eigenvalue weighted by atomic mass is 10.0. The molecule has 19 heavy (non-hydrogen) atoms. The number of rotatable bonds is 3. The van der Waals surface area contributed by atoms with Gasteiger partial charge in [-0.2, -0.15) is 0 Å². The number of hydrogen-bond donors (Lipinski definition) is 1. The smallest absolute Gasteiger partial charge is 0.130 e. The molecule has 3 rings (SSSR count). The van der Waals surface area contributed by atoms with Crippen LogP contribution in [0, 0.1) is 4.64 Å². The monoisotopic (exact) mass is 270 g/mol. The molecule has 1 aromatic heterocycles. The molecule has 2 nitrogen and oxygen atoms in total. The van der Waals surface area contributed by atoms with Crippen molar-refractivity contribution >= 4 is 12.2 Å². The average Bonchev–Trinajstić information content (AvgIpc) is 2.93. The summed E-state index contributed by atoms with van der Waals surface area (Å²) in [5.41, 5.74) is 2.55. The second kappa shape index (κ2) is 5.66. The fourth-order valence-electron chi connectivity index (χ4n) is 2.86. The Bertz CT molecular complexity index is 598. The molecule has 0 amide bonds. The third-order valence-corrected chi connectivity index (χ3v) is 4.03. The van der Waals surface area contributed by atoms with Crippen LogP contribution in [-0.4, -0.2) is 9.97 Å². The maximum Gasteiger partial charge on any atom is 0.130 e. The number of benzene rings is 1.